The third kappa shape index (κ3) is 12.5. The summed E-state index contributed by atoms with van der Waals surface area (Å²) >= 11 is 0. The number of ether oxygens (including phenoxy) is 2. The highest BCUT2D eigenvalue weighted by molar-refractivity contribution is 5.79. The molecule has 0 saturated heterocycles. The summed E-state index contributed by atoms with van der Waals surface area (Å²) in [7, 11) is 1.59. The van der Waals surface area contributed by atoms with Gasteiger partial charge in [-0.05, 0) is 36.7 Å². The minimum absolute atomic E-state index is 0.0352. The summed E-state index contributed by atoms with van der Waals surface area (Å²) < 4.78 is 10.9. The third-order valence-electron chi connectivity index (χ3n) is 5.05. The molecule has 5 heteroatoms. The number of hydrogen-bond donors (Lipinski definition) is 2. The van der Waals surface area contributed by atoms with Gasteiger partial charge in [-0.15, -0.1) is 0 Å². The second kappa shape index (κ2) is 17.8. The lowest BCUT2D eigenvalue weighted by Gasteiger charge is -2.11. The average molecular weight is 419 g/mol. The fraction of sp³-hybridized carbons (Fsp3) is 0.640. The summed E-state index contributed by atoms with van der Waals surface area (Å²) in [5, 5.41) is 2.84. The fourth-order valence-electron chi connectivity index (χ4n) is 3.33. The number of nitrogens with one attached hydrogen (secondary N) is 1. The van der Waals surface area contributed by atoms with Gasteiger partial charge in [0.1, 0.15) is 6.61 Å². The molecule has 0 unspecified atom stereocenters. The molecule has 1 aromatic rings. The first-order chi connectivity index (χ1) is 14.7. The predicted molar refractivity (Wildman–Crippen MR) is 125 cm³/mol. The number of carbonyl (C=O) groups is 1. The predicted octanol–water partition coefficient (Wildman–Crippen LogP) is 5.52. The van der Waals surface area contributed by atoms with E-state index in [9.17, 15) is 4.79 Å². The van der Waals surface area contributed by atoms with Crippen LogP contribution in [0.5, 0.6) is 11.5 Å². The zero-order valence-electron chi connectivity index (χ0n) is 19.1. The Morgan fingerprint density at radius 2 is 1.67 bits per heavy atom. The fourth-order valence-corrected chi connectivity index (χ4v) is 3.33. The van der Waals surface area contributed by atoms with E-state index < -0.39 is 0 Å². The molecular formula is C25H42N2O3. The van der Waals surface area contributed by atoms with Crippen molar-refractivity contribution in [1.29, 1.82) is 0 Å². The maximum absolute atomic E-state index is 12.1. The normalized spacial score (nSPS) is 11.0. The lowest BCUT2D eigenvalue weighted by Crippen LogP contribution is -2.19. The molecule has 0 heterocycles. The standard InChI is InChI=1S/C25H42N2O3/c1-3-4-5-6-7-8-9-10-11-12-13-14-18-27-25(28)21-22-15-16-23(30-19-17-26)24(20-22)29-2/h14-16,18,20H,3-13,17,19,21,26H2,1-2H3,(H,27,28)/b18-14+. The topological polar surface area (TPSA) is 73.6 Å². The van der Waals surface area contributed by atoms with Gasteiger partial charge in [0, 0.05) is 6.54 Å². The van der Waals surface area contributed by atoms with Crippen LogP contribution in [-0.4, -0.2) is 26.2 Å². The molecule has 0 aliphatic heterocycles. The highest BCUT2D eigenvalue weighted by Crippen LogP contribution is 2.28. The molecule has 0 aromatic heterocycles. The van der Waals surface area contributed by atoms with Crippen LogP contribution in [0, 0.1) is 0 Å². The minimum Gasteiger partial charge on any atom is -0.493 e. The first-order valence-corrected chi connectivity index (χ1v) is 11.7. The Morgan fingerprint density at radius 1 is 1.00 bits per heavy atom. The van der Waals surface area contributed by atoms with Crippen LogP contribution in [0.25, 0.3) is 0 Å². The Kier molecular flexibility index (Phi) is 15.5. The number of hydrogen-bond acceptors (Lipinski definition) is 4. The summed E-state index contributed by atoms with van der Waals surface area (Å²) in [5.74, 6) is 1.22. The van der Waals surface area contributed by atoms with Gasteiger partial charge in [-0.2, -0.15) is 0 Å². The lowest BCUT2D eigenvalue weighted by molar-refractivity contribution is -0.119. The molecular weight excluding hydrogens is 376 g/mol. The summed E-state index contributed by atoms with van der Waals surface area (Å²) in [5.41, 5.74) is 6.34. The summed E-state index contributed by atoms with van der Waals surface area (Å²) in [6.45, 7) is 3.13. The monoisotopic (exact) mass is 418 g/mol. The molecule has 0 aliphatic carbocycles. The van der Waals surface area contributed by atoms with Gasteiger partial charge < -0.3 is 20.5 Å². The van der Waals surface area contributed by atoms with E-state index in [1.807, 2.05) is 24.3 Å². The van der Waals surface area contributed by atoms with Crippen molar-refractivity contribution in [2.24, 2.45) is 5.73 Å². The van der Waals surface area contributed by atoms with Crippen LogP contribution in [0.1, 0.15) is 83.1 Å². The first kappa shape index (κ1) is 26.0. The van der Waals surface area contributed by atoms with E-state index >= 15 is 0 Å². The molecule has 0 spiro atoms. The van der Waals surface area contributed by atoms with Crippen molar-refractivity contribution in [2.45, 2.75) is 84.0 Å². The largest absolute Gasteiger partial charge is 0.493 e. The first-order valence-electron chi connectivity index (χ1n) is 11.7. The Morgan fingerprint density at radius 3 is 2.30 bits per heavy atom. The zero-order chi connectivity index (χ0) is 21.9. The van der Waals surface area contributed by atoms with Crippen molar-refractivity contribution in [3.8, 4) is 11.5 Å². The number of nitrogens with two attached hydrogens (primary N) is 1. The lowest BCUT2D eigenvalue weighted by atomic mass is 10.1. The Hall–Kier alpha value is -2.01. The van der Waals surface area contributed by atoms with E-state index in [4.69, 9.17) is 15.2 Å². The molecule has 0 atom stereocenters. The number of rotatable bonds is 18. The average Bonchev–Trinajstić information content (AvgIpc) is 2.76. The Balaban J connectivity index is 2.13. The molecule has 1 aromatic carbocycles. The van der Waals surface area contributed by atoms with E-state index in [0.717, 1.165) is 12.0 Å². The van der Waals surface area contributed by atoms with Crippen LogP contribution in [0.4, 0.5) is 0 Å². The zero-order valence-corrected chi connectivity index (χ0v) is 19.1. The van der Waals surface area contributed by atoms with E-state index in [0.29, 0.717) is 31.1 Å². The van der Waals surface area contributed by atoms with Gasteiger partial charge in [-0.1, -0.05) is 76.9 Å². The number of methoxy groups -OCH3 is 1. The van der Waals surface area contributed by atoms with Crippen molar-refractivity contribution in [1.82, 2.24) is 5.32 Å². The highest BCUT2D eigenvalue weighted by Gasteiger charge is 2.08. The van der Waals surface area contributed by atoms with Crippen LogP contribution in [0.2, 0.25) is 0 Å². The Labute approximate surface area is 183 Å². The van der Waals surface area contributed by atoms with Gasteiger partial charge >= 0.3 is 0 Å². The molecule has 3 N–H and O–H groups in total. The van der Waals surface area contributed by atoms with Crippen molar-refractivity contribution in [3.05, 3.63) is 36.0 Å². The summed E-state index contributed by atoms with van der Waals surface area (Å²) in [6.07, 6.45) is 18.5. The third-order valence-corrected chi connectivity index (χ3v) is 5.05. The SMILES string of the molecule is CCCCCCCCCCCC/C=C/NC(=O)Cc1ccc(OCCN)c(OC)c1. The molecule has 5 nitrogen and oxygen atoms in total. The van der Waals surface area contributed by atoms with Crippen LogP contribution < -0.4 is 20.5 Å². The molecule has 1 amide bonds. The summed E-state index contributed by atoms with van der Waals surface area (Å²) in [4.78, 5) is 12.1. The van der Waals surface area contributed by atoms with Crippen LogP contribution in [-0.2, 0) is 11.2 Å². The molecule has 170 valence electrons. The maximum Gasteiger partial charge on any atom is 0.228 e. The van der Waals surface area contributed by atoms with Gasteiger partial charge in [-0.25, -0.2) is 0 Å². The Bertz CT molecular complexity index is 602. The molecule has 0 fully saturated rings. The van der Waals surface area contributed by atoms with Crippen molar-refractivity contribution in [2.75, 3.05) is 20.3 Å². The van der Waals surface area contributed by atoms with Gasteiger partial charge in [-0.3, -0.25) is 4.79 Å². The second-order valence-corrected chi connectivity index (χ2v) is 7.74. The quantitative estimate of drug-likeness (QED) is 0.308. The van der Waals surface area contributed by atoms with Gasteiger partial charge in [0.05, 0.1) is 13.5 Å². The van der Waals surface area contributed by atoms with Crippen molar-refractivity contribution < 1.29 is 14.3 Å². The van der Waals surface area contributed by atoms with E-state index in [-0.39, 0.29) is 5.91 Å². The molecule has 1 rings (SSSR count). The van der Waals surface area contributed by atoms with Crippen molar-refractivity contribution in [3.63, 3.8) is 0 Å². The number of amides is 1. The van der Waals surface area contributed by atoms with E-state index in [2.05, 4.69) is 12.2 Å². The smallest absolute Gasteiger partial charge is 0.228 e. The van der Waals surface area contributed by atoms with Gasteiger partial charge in [0.2, 0.25) is 5.91 Å². The van der Waals surface area contributed by atoms with Crippen LogP contribution in [0.3, 0.4) is 0 Å². The summed E-state index contributed by atoms with van der Waals surface area (Å²) in [6, 6.07) is 5.53. The van der Waals surface area contributed by atoms with Crippen LogP contribution in [0.15, 0.2) is 30.5 Å². The number of benzene rings is 1. The molecule has 0 radical (unpaired) electrons. The van der Waals surface area contributed by atoms with E-state index in [1.54, 1.807) is 13.3 Å². The van der Waals surface area contributed by atoms with E-state index in [1.165, 1.54) is 64.2 Å². The molecule has 30 heavy (non-hydrogen) atoms. The number of unbranched alkanes of at least 4 members (excludes halogenated alkanes) is 10. The molecule has 0 bridgehead atoms. The van der Waals surface area contributed by atoms with Crippen LogP contribution >= 0.6 is 0 Å². The highest BCUT2D eigenvalue weighted by atomic mass is 16.5. The second-order valence-electron chi connectivity index (χ2n) is 7.74. The minimum atomic E-state index is -0.0352. The van der Waals surface area contributed by atoms with Crippen molar-refractivity contribution >= 4 is 5.91 Å². The molecule has 0 saturated carbocycles. The van der Waals surface area contributed by atoms with Gasteiger partial charge in [0.15, 0.2) is 11.5 Å². The van der Waals surface area contributed by atoms with Gasteiger partial charge in [0.25, 0.3) is 0 Å². The molecule has 0 aliphatic rings. The number of allylic oxidation sites excluding steroid dienone is 1. The maximum atomic E-state index is 12.1. The number of carbonyl (C=O) groups excluding carboxylic acids is 1.